The van der Waals surface area contributed by atoms with E-state index in [1.54, 1.807) is 11.3 Å². The number of benzene rings is 1. The Morgan fingerprint density at radius 1 is 1.42 bits per heavy atom. The van der Waals surface area contributed by atoms with Gasteiger partial charge in [0.2, 0.25) is 0 Å². The molecule has 19 heavy (non-hydrogen) atoms. The van der Waals surface area contributed by atoms with Crippen molar-refractivity contribution >= 4 is 33.9 Å². The van der Waals surface area contributed by atoms with Gasteiger partial charge in [0.1, 0.15) is 0 Å². The number of aryl methyl sites for hydroxylation is 1. The highest BCUT2D eigenvalue weighted by molar-refractivity contribution is 14.1. The fraction of sp³-hybridized carbons (Fsp3) is 0.400. The van der Waals surface area contributed by atoms with Gasteiger partial charge in [0, 0.05) is 27.1 Å². The number of halogens is 1. The van der Waals surface area contributed by atoms with Crippen LogP contribution >= 0.6 is 33.9 Å². The summed E-state index contributed by atoms with van der Waals surface area (Å²) in [4.78, 5) is 4.58. The number of hydrogen-bond donors (Lipinski definition) is 1. The average Bonchev–Trinajstić information content (AvgIpc) is 2.80. The van der Waals surface area contributed by atoms with Crippen molar-refractivity contribution in [1.82, 2.24) is 10.3 Å². The van der Waals surface area contributed by atoms with Crippen LogP contribution in [0.4, 0.5) is 0 Å². The Balaban J connectivity index is 2.15. The van der Waals surface area contributed by atoms with Crippen molar-refractivity contribution in [2.75, 3.05) is 6.54 Å². The molecule has 0 amide bonds. The fourth-order valence-corrected chi connectivity index (χ4v) is 3.41. The zero-order valence-corrected chi connectivity index (χ0v) is 14.3. The summed E-state index contributed by atoms with van der Waals surface area (Å²) in [6.07, 6.45) is 2.12. The molecule has 1 unspecified atom stereocenters. The van der Waals surface area contributed by atoms with Gasteiger partial charge in [-0.2, -0.15) is 0 Å². The fourth-order valence-electron chi connectivity index (χ4n) is 2.02. The van der Waals surface area contributed by atoms with Gasteiger partial charge in [-0.15, -0.1) is 11.3 Å². The minimum absolute atomic E-state index is 0.361. The van der Waals surface area contributed by atoms with Gasteiger partial charge in [-0.1, -0.05) is 19.1 Å². The Hall–Kier alpha value is -0.460. The van der Waals surface area contributed by atoms with E-state index in [9.17, 15) is 0 Å². The third-order valence-electron chi connectivity index (χ3n) is 2.94. The average molecular weight is 386 g/mol. The largest absolute Gasteiger partial charge is 0.310 e. The van der Waals surface area contributed by atoms with Crippen LogP contribution in [0.3, 0.4) is 0 Å². The summed E-state index contributed by atoms with van der Waals surface area (Å²) >= 11 is 4.13. The first kappa shape index (κ1) is 14.9. The van der Waals surface area contributed by atoms with Crippen LogP contribution in [0.5, 0.6) is 0 Å². The second-order valence-electron chi connectivity index (χ2n) is 4.65. The third-order valence-corrected chi connectivity index (χ3v) is 4.60. The van der Waals surface area contributed by atoms with Crippen molar-refractivity contribution in [3.63, 3.8) is 0 Å². The molecule has 1 aromatic heterocycles. The second kappa shape index (κ2) is 7.36. The highest BCUT2D eigenvalue weighted by Crippen LogP contribution is 2.22. The van der Waals surface area contributed by atoms with Gasteiger partial charge in [0.25, 0.3) is 0 Å². The van der Waals surface area contributed by atoms with Crippen LogP contribution in [-0.4, -0.2) is 11.5 Å². The molecular formula is C15H19IN2S. The summed E-state index contributed by atoms with van der Waals surface area (Å²) in [6.45, 7) is 5.30. The smallest absolute Gasteiger partial charge is 0.0947 e. The molecule has 0 spiro atoms. The first-order chi connectivity index (χ1) is 9.19. The first-order valence-electron chi connectivity index (χ1n) is 6.59. The van der Waals surface area contributed by atoms with E-state index in [4.69, 9.17) is 0 Å². The van der Waals surface area contributed by atoms with E-state index in [1.807, 2.05) is 0 Å². The summed E-state index contributed by atoms with van der Waals surface area (Å²) in [5, 5.41) is 6.97. The van der Waals surface area contributed by atoms with Gasteiger partial charge >= 0.3 is 0 Å². The normalized spacial score (nSPS) is 12.6. The van der Waals surface area contributed by atoms with Crippen molar-refractivity contribution in [2.45, 2.75) is 32.7 Å². The molecular weight excluding hydrogens is 367 g/mol. The standard InChI is InChI=1S/C15H19IN2S/c1-3-7-17-14(9-15-18-11(2)10-19-15)12-5-4-6-13(16)8-12/h4-6,8,10,14,17H,3,7,9H2,1-2H3. The van der Waals surface area contributed by atoms with Crippen molar-refractivity contribution < 1.29 is 0 Å². The predicted octanol–water partition coefficient (Wildman–Crippen LogP) is 4.34. The van der Waals surface area contributed by atoms with E-state index in [0.717, 1.165) is 25.1 Å². The number of thiazole rings is 1. The molecule has 2 nitrogen and oxygen atoms in total. The molecule has 0 radical (unpaired) electrons. The third kappa shape index (κ3) is 4.54. The summed E-state index contributed by atoms with van der Waals surface area (Å²) in [5.74, 6) is 0. The van der Waals surface area contributed by atoms with Gasteiger partial charge in [0.15, 0.2) is 0 Å². The SMILES string of the molecule is CCCNC(Cc1nc(C)cs1)c1cccc(I)c1. The van der Waals surface area contributed by atoms with Crippen molar-refractivity contribution in [1.29, 1.82) is 0 Å². The molecule has 1 aromatic carbocycles. The van der Waals surface area contributed by atoms with Gasteiger partial charge in [0.05, 0.1) is 5.01 Å². The number of nitrogens with one attached hydrogen (secondary N) is 1. The molecule has 0 aliphatic heterocycles. The molecule has 0 fully saturated rings. The molecule has 0 aliphatic carbocycles. The van der Waals surface area contributed by atoms with Crippen LogP contribution in [0, 0.1) is 10.5 Å². The van der Waals surface area contributed by atoms with Crippen molar-refractivity contribution in [2.24, 2.45) is 0 Å². The molecule has 102 valence electrons. The van der Waals surface area contributed by atoms with Crippen LogP contribution in [0.2, 0.25) is 0 Å². The number of nitrogens with zero attached hydrogens (tertiary/aromatic N) is 1. The zero-order valence-electron chi connectivity index (χ0n) is 11.3. The molecule has 0 aliphatic rings. The van der Waals surface area contributed by atoms with E-state index in [1.165, 1.54) is 14.1 Å². The Morgan fingerprint density at radius 3 is 2.89 bits per heavy atom. The number of rotatable bonds is 6. The maximum Gasteiger partial charge on any atom is 0.0947 e. The van der Waals surface area contributed by atoms with Gasteiger partial charge in [-0.05, 0) is 60.2 Å². The van der Waals surface area contributed by atoms with Crippen molar-refractivity contribution in [3.8, 4) is 0 Å². The van der Waals surface area contributed by atoms with Crippen LogP contribution in [0.1, 0.15) is 35.7 Å². The Morgan fingerprint density at radius 2 is 2.26 bits per heavy atom. The summed E-state index contributed by atoms with van der Waals surface area (Å²) in [6, 6.07) is 9.09. The lowest BCUT2D eigenvalue weighted by Gasteiger charge is -2.18. The molecule has 0 bridgehead atoms. The van der Waals surface area contributed by atoms with Crippen LogP contribution in [0.15, 0.2) is 29.6 Å². The topological polar surface area (TPSA) is 24.9 Å². The van der Waals surface area contributed by atoms with E-state index in [-0.39, 0.29) is 0 Å². The minimum Gasteiger partial charge on any atom is -0.310 e. The lowest BCUT2D eigenvalue weighted by Crippen LogP contribution is -2.24. The second-order valence-corrected chi connectivity index (χ2v) is 6.84. The number of hydrogen-bond acceptors (Lipinski definition) is 3. The van der Waals surface area contributed by atoms with E-state index in [2.05, 4.69) is 76.4 Å². The summed E-state index contributed by atoms with van der Waals surface area (Å²) in [7, 11) is 0. The number of aromatic nitrogens is 1. The highest BCUT2D eigenvalue weighted by Gasteiger charge is 2.13. The van der Waals surface area contributed by atoms with Gasteiger partial charge < -0.3 is 5.32 Å². The molecule has 0 saturated carbocycles. The zero-order chi connectivity index (χ0) is 13.7. The monoisotopic (exact) mass is 386 g/mol. The van der Waals surface area contributed by atoms with Crippen LogP contribution in [-0.2, 0) is 6.42 Å². The molecule has 4 heteroatoms. The quantitative estimate of drug-likeness (QED) is 0.748. The Bertz CT molecular complexity index is 524. The lowest BCUT2D eigenvalue weighted by molar-refractivity contribution is 0.528. The molecule has 1 heterocycles. The Labute approximate surface area is 132 Å². The summed E-state index contributed by atoms with van der Waals surface area (Å²) < 4.78 is 1.29. The van der Waals surface area contributed by atoms with E-state index in [0.29, 0.717) is 6.04 Å². The maximum absolute atomic E-state index is 4.58. The summed E-state index contributed by atoms with van der Waals surface area (Å²) in [5.41, 5.74) is 2.48. The first-order valence-corrected chi connectivity index (χ1v) is 8.54. The van der Waals surface area contributed by atoms with Gasteiger partial charge in [-0.25, -0.2) is 4.98 Å². The molecule has 0 saturated heterocycles. The highest BCUT2D eigenvalue weighted by atomic mass is 127. The predicted molar refractivity (Wildman–Crippen MR) is 90.7 cm³/mol. The van der Waals surface area contributed by atoms with Crippen LogP contribution < -0.4 is 5.32 Å². The molecule has 2 aromatic rings. The van der Waals surface area contributed by atoms with E-state index < -0.39 is 0 Å². The Kier molecular flexibility index (Phi) is 5.78. The lowest BCUT2D eigenvalue weighted by atomic mass is 10.0. The van der Waals surface area contributed by atoms with E-state index >= 15 is 0 Å². The minimum atomic E-state index is 0.361. The van der Waals surface area contributed by atoms with Crippen LogP contribution in [0.25, 0.3) is 0 Å². The molecule has 1 atom stereocenters. The van der Waals surface area contributed by atoms with Gasteiger partial charge in [-0.3, -0.25) is 0 Å². The van der Waals surface area contributed by atoms with Crippen molar-refractivity contribution in [3.05, 3.63) is 49.5 Å². The molecule has 1 N–H and O–H groups in total. The maximum atomic E-state index is 4.58. The molecule has 2 rings (SSSR count).